The van der Waals surface area contributed by atoms with Crippen LogP contribution in [0.2, 0.25) is 0 Å². The van der Waals surface area contributed by atoms with E-state index >= 15 is 0 Å². The van der Waals surface area contributed by atoms with Crippen molar-refractivity contribution in [3.63, 3.8) is 0 Å². The van der Waals surface area contributed by atoms with E-state index in [2.05, 4.69) is 74.5 Å². The van der Waals surface area contributed by atoms with Crippen LogP contribution in [0.4, 0.5) is 5.69 Å². The summed E-state index contributed by atoms with van der Waals surface area (Å²) in [5, 5.41) is 3.40. The smallest absolute Gasteiger partial charge is 0.293 e. The zero-order valence-corrected chi connectivity index (χ0v) is 19.5. The molecule has 2 aromatic rings. The molecule has 0 bridgehead atoms. The summed E-state index contributed by atoms with van der Waals surface area (Å²) in [6, 6.07) is 19.5. The van der Waals surface area contributed by atoms with Crippen molar-refractivity contribution in [3.05, 3.63) is 65.7 Å². The second kappa shape index (κ2) is 10.8. The van der Waals surface area contributed by atoms with Crippen molar-refractivity contribution in [3.8, 4) is 0 Å². The number of hydrogen-bond donors (Lipinski definition) is 1. The van der Waals surface area contributed by atoms with E-state index in [4.69, 9.17) is 0 Å². The molecule has 1 atom stereocenters. The van der Waals surface area contributed by atoms with Gasteiger partial charge in [0.1, 0.15) is 0 Å². The minimum atomic E-state index is -0.256. The van der Waals surface area contributed by atoms with Crippen LogP contribution in [0.3, 0.4) is 0 Å². The first kappa shape index (κ1) is 23.3. The lowest BCUT2D eigenvalue weighted by atomic mass is 9.93. The van der Waals surface area contributed by atoms with Crippen LogP contribution < -0.4 is 10.2 Å². The van der Waals surface area contributed by atoms with Crippen LogP contribution in [-0.4, -0.2) is 63.2 Å². The van der Waals surface area contributed by atoms with Crippen molar-refractivity contribution >= 4 is 18.1 Å². The molecule has 1 saturated carbocycles. The number of benzene rings is 2. The van der Waals surface area contributed by atoms with Gasteiger partial charge < -0.3 is 19.9 Å². The van der Waals surface area contributed by atoms with Gasteiger partial charge in [0.05, 0.1) is 12.0 Å². The number of nitrogens with one attached hydrogen (secondary N) is 1. The number of carbonyl (C=O) groups is 2. The Labute approximate surface area is 196 Å². The highest BCUT2D eigenvalue weighted by Gasteiger charge is 2.53. The first-order valence-corrected chi connectivity index (χ1v) is 12.1. The Morgan fingerprint density at radius 3 is 2.33 bits per heavy atom. The van der Waals surface area contributed by atoms with Gasteiger partial charge in [-0.05, 0) is 49.4 Å². The van der Waals surface area contributed by atoms with Gasteiger partial charge in [-0.25, -0.2) is 0 Å². The maximum Gasteiger partial charge on any atom is 0.293 e. The monoisotopic (exact) mass is 449 g/mol. The summed E-state index contributed by atoms with van der Waals surface area (Å²) >= 11 is 0. The summed E-state index contributed by atoms with van der Waals surface area (Å²) in [6.07, 6.45) is 3.06. The van der Waals surface area contributed by atoms with Gasteiger partial charge in [0.25, 0.3) is 6.47 Å². The number of ether oxygens (including phenoxy) is 1. The molecule has 1 amide bonds. The number of amides is 1. The van der Waals surface area contributed by atoms with Gasteiger partial charge in [0, 0.05) is 50.9 Å². The summed E-state index contributed by atoms with van der Waals surface area (Å²) in [6.45, 7) is 8.61. The fourth-order valence-electron chi connectivity index (χ4n) is 4.98. The number of hydrogen-bond acceptors (Lipinski definition) is 5. The van der Waals surface area contributed by atoms with Crippen LogP contribution in [0.15, 0.2) is 54.6 Å². The van der Waals surface area contributed by atoms with E-state index in [9.17, 15) is 9.59 Å². The molecule has 1 unspecified atom stereocenters. The van der Waals surface area contributed by atoms with E-state index in [0.29, 0.717) is 24.9 Å². The molecule has 3 aliphatic rings. The minimum absolute atomic E-state index is 0.256. The molecule has 3 fully saturated rings. The van der Waals surface area contributed by atoms with Crippen molar-refractivity contribution < 1.29 is 14.3 Å². The lowest BCUT2D eigenvalue weighted by molar-refractivity contribution is -0.133. The zero-order chi connectivity index (χ0) is 23.1. The minimum Gasteiger partial charge on any atom is -0.468 e. The molecule has 2 saturated heterocycles. The third-order valence-electron chi connectivity index (χ3n) is 7.04. The lowest BCUT2D eigenvalue weighted by Crippen LogP contribution is -2.43. The Bertz CT molecular complexity index is 906. The molecule has 2 heterocycles. The summed E-state index contributed by atoms with van der Waals surface area (Å²) < 4.78 is 4.15. The average Bonchev–Trinajstić information content (AvgIpc) is 3.55. The molecule has 1 aliphatic carbocycles. The molecule has 2 aromatic carbocycles. The van der Waals surface area contributed by atoms with E-state index in [0.717, 1.165) is 58.5 Å². The maximum atomic E-state index is 13.4. The highest BCUT2D eigenvalue weighted by atomic mass is 16.5. The predicted octanol–water partition coefficient (Wildman–Crippen LogP) is 3.32. The maximum absolute atomic E-state index is 13.4. The number of anilines is 1. The van der Waals surface area contributed by atoms with Crippen molar-refractivity contribution in [2.75, 3.05) is 50.8 Å². The van der Waals surface area contributed by atoms with Gasteiger partial charge in [-0.1, -0.05) is 42.5 Å². The molecule has 6 heteroatoms. The third-order valence-corrected chi connectivity index (χ3v) is 7.04. The van der Waals surface area contributed by atoms with E-state index in [1.54, 1.807) is 6.92 Å². The van der Waals surface area contributed by atoms with Crippen molar-refractivity contribution in [1.82, 2.24) is 10.2 Å². The second-order valence-electron chi connectivity index (χ2n) is 9.07. The van der Waals surface area contributed by atoms with E-state index in [-0.39, 0.29) is 5.41 Å². The summed E-state index contributed by atoms with van der Waals surface area (Å²) in [5.74, 6) is 0.830. The van der Waals surface area contributed by atoms with Gasteiger partial charge in [0.2, 0.25) is 5.91 Å². The number of nitrogens with zero attached hydrogens (tertiary/aromatic N) is 2. The van der Waals surface area contributed by atoms with Gasteiger partial charge in [-0.2, -0.15) is 0 Å². The molecular formula is C27H35N3O3. The van der Waals surface area contributed by atoms with Crippen LogP contribution in [0.25, 0.3) is 0 Å². The van der Waals surface area contributed by atoms with Crippen molar-refractivity contribution in [2.45, 2.75) is 37.5 Å². The topological polar surface area (TPSA) is 61.9 Å². The first-order chi connectivity index (χ1) is 16.2. The van der Waals surface area contributed by atoms with E-state index in [1.807, 2.05) is 0 Å². The standard InChI is InChI=1S/C24H29N3O.C3H6O2/c28-23(27-15-10-20(18-27)19-4-2-1-3-5-19)24(11-12-24)21-6-8-22(9-7-21)26-16-13-25-14-17-26;1-2-5-3-4/h1-9,20,25H,10-18H2;3H,2H2,1H3. The summed E-state index contributed by atoms with van der Waals surface area (Å²) in [4.78, 5) is 27.1. The largest absolute Gasteiger partial charge is 0.468 e. The number of piperazine rings is 1. The zero-order valence-electron chi connectivity index (χ0n) is 19.5. The number of likely N-dealkylation sites (tertiary alicyclic amines) is 1. The fourth-order valence-corrected chi connectivity index (χ4v) is 4.98. The highest BCUT2D eigenvalue weighted by Crippen LogP contribution is 2.50. The Hall–Kier alpha value is -2.86. The van der Waals surface area contributed by atoms with Crippen LogP contribution in [0.5, 0.6) is 0 Å². The summed E-state index contributed by atoms with van der Waals surface area (Å²) in [7, 11) is 0. The molecule has 1 N–H and O–H groups in total. The highest BCUT2D eigenvalue weighted by molar-refractivity contribution is 5.91. The Morgan fingerprint density at radius 1 is 1.06 bits per heavy atom. The van der Waals surface area contributed by atoms with Gasteiger partial charge in [0.15, 0.2) is 0 Å². The van der Waals surface area contributed by atoms with Gasteiger partial charge in [-0.3, -0.25) is 9.59 Å². The fraction of sp³-hybridized carbons (Fsp3) is 0.481. The lowest BCUT2D eigenvalue weighted by Gasteiger charge is -2.30. The first-order valence-electron chi connectivity index (χ1n) is 12.1. The SMILES string of the molecule is CCOC=O.O=C(N1CCC(c2ccccc2)C1)C1(c2ccc(N3CCNCC3)cc2)CC1. The van der Waals surface area contributed by atoms with Gasteiger partial charge in [-0.15, -0.1) is 0 Å². The molecule has 2 aliphatic heterocycles. The van der Waals surface area contributed by atoms with Crippen LogP contribution in [0, 0.1) is 0 Å². The van der Waals surface area contributed by atoms with Crippen molar-refractivity contribution in [1.29, 1.82) is 0 Å². The number of carbonyl (C=O) groups excluding carboxylic acids is 2. The molecular weight excluding hydrogens is 414 g/mol. The Morgan fingerprint density at radius 2 is 1.76 bits per heavy atom. The normalized spacial score (nSPS) is 21.1. The Balaban J connectivity index is 0.000000471. The summed E-state index contributed by atoms with van der Waals surface area (Å²) in [5.41, 5.74) is 3.59. The van der Waals surface area contributed by atoms with E-state index in [1.165, 1.54) is 16.8 Å². The van der Waals surface area contributed by atoms with E-state index < -0.39 is 0 Å². The quantitative estimate of drug-likeness (QED) is 0.686. The molecule has 6 nitrogen and oxygen atoms in total. The second-order valence-corrected chi connectivity index (χ2v) is 9.07. The van der Waals surface area contributed by atoms with Crippen LogP contribution in [-0.2, 0) is 19.7 Å². The molecule has 176 valence electrons. The average molecular weight is 450 g/mol. The molecule has 0 radical (unpaired) electrons. The molecule has 5 rings (SSSR count). The number of rotatable bonds is 6. The van der Waals surface area contributed by atoms with Crippen LogP contribution >= 0.6 is 0 Å². The third kappa shape index (κ3) is 5.38. The van der Waals surface area contributed by atoms with Crippen molar-refractivity contribution in [2.24, 2.45) is 0 Å². The van der Waals surface area contributed by atoms with Gasteiger partial charge >= 0.3 is 0 Å². The van der Waals surface area contributed by atoms with Crippen LogP contribution in [0.1, 0.15) is 43.2 Å². The molecule has 0 aromatic heterocycles. The Kier molecular flexibility index (Phi) is 7.65. The predicted molar refractivity (Wildman–Crippen MR) is 131 cm³/mol. The molecule has 0 spiro atoms. The molecule has 33 heavy (non-hydrogen) atoms.